The lowest BCUT2D eigenvalue weighted by molar-refractivity contribution is -0.123. The zero-order chi connectivity index (χ0) is 23.8. The van der Waals surface area contributed by atoms with Gasteiger partial charge in [-0.2, -0.15) is 0 Å². The Morgan fingerprint density at radius 1 is 1.06 bits per heavy atom. The first-order valence-electron chi connectivity index (χ1n) is 13.4. The van der Waals surface area contributed by atoms with Crippen LogP contribution in [0.4, 0.5) is 0 Å². The third-order valence-corrected chi connectivity index (χ3v) is 7.93. The molecule has 2 N–H and O–H groups in total. The lowest BCUT2D eigenvalue weighted by atomic mass is 9.76. The number of aliphatic hydroxyl groups is 1. The molecule has 0 saturated heterocycles. The molecule has 3 rings (SSSR count). The van der Waals surface area contributed by atoms with Crippen LogP contribution in [0.15, 0.2) is 30.3 Å². The minimum absolute atomic E-state index is 0.00399. The molecule has 2 fully saturated rings. The Kier molecular flexibility index (Phi) is 9.97. The van der Waals surface area contributed by atoms with E-state index in [4.69, 9.17) is 0 Å². The average Bonchev–Trinajstić information content (AvgIpc) is 3.54. The second-order valence-corrected chi connectivity index (χ2v) is 11.2. The van der Waals surface area contributed by atoms with Crippen LogP contribution in [0.5, 0.6) is 0 Å². The molecular formula is C29H45NO3. The van der Waals surface area contributed by atoms with Crippen LogP contribution in [0.1, 0.15) is 90.5 Å². The highest BCUT2D eigenvalue weighted by Gasteiger charge is 2.43. The van der Waals surface area contributed by atoms with Crippen LogP contribution in [0.25, 0.3) is 0 Å². The first-order valence-corrected chi connectivity index (χ1v) is 13.4. The van der Waals surface area contributed by atoms with Gasteiger partial charge >= 0.3 is 0 Å². The molecule has 1 aromatic rings. The molecular weight excluding hydrogens is 410 g/mol. The van der Waals surface area contributed by atoms with Crippen molar-refractivity contribution >= 4 is 11.7 Å². The van der Waals surface area contributed by atoms with Crippen LogP contribution >= 0.6 is 0 Å². The maximum atomic E-state index is 12.8. The monoisotopic (exact) mass is 455 g/mol. The van der Waals surface area contributed by atoms with Gasteiger partial charge in [-0.1, -0.05) is 63.9 Å². The molecule has 184 valence electrons. The molecule has 0 radical (unpaired) electrons. The van der Waals surface area contributed by atoms with Gasteiger partial charge in [0.05, 0.1) is 6.10 Å². The van der Waals surface area contributed by atoms with Crippen molar-refractivity contribution in [2.24, 2.45) is 29.6 Å². The number of nitrogens with one attached hydrogen (secondary N) is 1. The highest BCUT2D eigenvalue weighted by Crippen LogP contribution is 2.41. The van der Waals surface area contributed by atoms with E-state index in [2.05, 4.69) is 56.4 Å². The van der Waals surface area contributed by atoms with E-state index in [1.54, 1.807) is 0 Å². The van der Waals surface area contributed by atoms with Crippen molar-refractivity contribution < 1.29 is 14.7 Å². The molecule has 33 heavy (non-hydrogen) atoms. The quantitative estimate of drug-likeness (QED) is 0.377. The molecule has 0 bridgehead atoms. The van der Waals surface area contributed by atoms with Crippen LogP contribution in [0.2, 0.25) is 0 Å². The van der Waals surface area contributed by atoms with Gasteiger partial charge in [0.15, 0.2) is 0 Å². The molecule has 0 aliphatic heterocycles. The molecule has 6 atom stereocenters. The number of benzene rings is 1. The molecule has 0 heterocycles. The summed E-state index contributed by atoms with van der Waals surface area (Å²) in [5, 5.41) is 13.7. The lowest BCUT2D eigenvalue weighted by Gasteiger charge is -2.29. The van der Waals surface area contributed by atoms with Crippen molar-refractivity contribution in [3.63, 3.8) is 0 Å². The smallest absolute Gasteiger partial charge is 0.220 e. The van der Waals surface area contributed by atoms with Gasteiger partial charge in [-0.25, -0.2) is 0 Å². The average molecular weight is 456 g/mol. The van der Waals surface area contributed by atoms with Gasteiger partial charge in [0.2, 0.25) is 5.91 Å². The van der Waals surface area contributed by atoms with E-state index in [9.17, 15) is 14.7 Å². The summed E-state index contributed by atoms with van der Waals surface area (Å²) in [4.78, 5) is 24.7. The van der Waals surface area contributed by atoms with E-state index in [1.165, 1.54) is 5.56 Å². The van der Waals surface area contributed by atoms with Crippen molar-refractivity contribution in [1.29, 1.82) is 0 Å². The maximum absolute atomic E-state index is 12.8. The molecule has 1 aromatic carbocycles. The van der Waals surface area contributed by atoms with Crippen LogP contribution in [0, 0.1) is 29.6 Å². The van der Waals surface area contributed by atoms with Gasteiger partial charge in [-0.05, 0) is 74.2 Å². The van der Waals surface area contributed by atoms with Gasteiger partial charge in [0, 0.05) is 24.8 Å². The number of hydrogen-bond donors (Lipinski definition) is 2. The zero-order valence-electron chi connectivity index (χ0n) is 21.0. The normalized spacial score (nSPS) is 25.6. The molecule has 2 saturated carbocycles. The van der Waals surface area contributed by atoms with Gasteiger partial charge in [0.25, 0.3) is 0 Å². The Labute approximate surface area is 200 Å². The highest BCUT2D eigenvalue weighted by atomic mass is 16.3. The molecule has 1 amide bonds. The van der Waals surface area contributed by atoms with Crippen LogP contribution in [0.3, 0.4) is 0 Å². The Morgan fingerprint density at radius 3 is 2.48 bits per heavy atom. The van der Waals surface area contributed by atoms with E-state index in [1.807, 2.05) is 0 Å². The minimum Gasteiger partial charge on any atom is -0.392 e. The number of aryl methyl sites for hydroxylation is 1. The van der Waals surface area contributed by atoms with Crippen molar-refractivity contribution in [3.8, 4) is 0 Å². The fourth-order valence-electron chi connectivity index (χ4n) is 5.80. The second-order valence-electron chi connectivity index (χ2n) is 11.2. The van der Waals surface area contributed by atoms with E-state index >= 15 is 0 Å². The van der Waals surface area contributed by atoms with Crippen molar-refractivity contribution in [3.05, 3.63) is 35.9 Å². The summed E-state index contributed by atoms with van der Waals surface area (Å²) in [5.41, 5.74) is 1.38. The van der Waals surface area contributed by atoms with Gasteiger partial charge in [-0.3, -0.25) is 9.59 Å². The number of carbonyl (C=O) groups excluding carboxylic acids is 2. The molecule has 2 aliphatic rings. The van der Waals surface area contributed by atoms with Gasteiger partial charge in [-0.15, -0.1) is 0 Å². The van der Waals surface area contributed by atoms with Gasteiger partial charge in [0.1, 0.15) is 5.78 Å². The Morgan fingerprint density at radius 2 is 1.79 bits per heavy atom. The van der Waals surface area contributed by atoms with Gasteiger partial charge < -0.3 is 10.4 Å². The number of carbonyl (C=O) groups is 2. The minimum atomic E-state index is -0.485. The van der Waals surface area contributed by atoms with Crippen LogP contribution in [-0.4, -0.2) is 28.9 Å². The number of ketones is 1. The third kappa shape index (κ3) is 8.55. The van der Waals surface area contributed by atoms with E-state index < -0.39 is 6.10 Å². The number of amides is 1. The number of rotatable bonds is 14. The van der Waals surface area contributed by atoms with Crippen molar-refractivity contribution in [1.82, 2.24) is 5.32 Å². The fourth-order valence-corrected chi connectivity index (χ4v) is 5.80. The summed E-state index contributed by atoms with van der Waals surface area (Å²) >= 11 is 0. The topological polar surface area (TPSA) is 66.4 Å². The van der Waals surface area contributed by atoms with Crippen molar-refractivity contribution in [2.45, 2.75) is 104 Å². The van der Waals surface area contributed by atoms with Crippen molar-refractivity contribution in [2.75, 3.05) is 0 Å². The summed E-state index contributed by atoms with van der Waals surface area (Å²) in [6.45, 7) is 6.76. The summed E-state index contributed by atoms with van der Waals surface area (Å²) in [5.74, 6) is 1.93. The molecule has 4 nitrogen and oxygen atoms in total. The summed E-state index contributed by atoms with van der Waals surface area (Å²) in [7, 11) is 0. The predicted molar refractivity (Wildman–Crippen MR) is 134 cm³/mol. The largest absolute Gasteiger partial charge is 0.392 e. The summed E-state index contributed by atoms with van der Waals surface area (Å²) in [6.07, 6.45) is 9.87. The standard InChI is InChI=1S/C29H45NO3/c1-20(8-7-11-28(33)30-24-15-16-24)13-17-25-26(31)19-27(32)29(25)22(3)18-21(2)12-14-23-9-5-4-6-10-23/h4-6,9-10,20-22,24-26,29,31H,7-8,11-19H2,1-3H3,(H,30,33)/t20-,21-,22-,25-,26-,29+/m0/s1. The summed E-state index contributed by atoms with van der Waals surface area (Å²) < 4.78 is 0. The highest BCUT2D eigenvalue weighted by molar-refractivity contribution is 5.84. The first kappa shape index (κ1) is 25.9. The molecule has 2 aliphatic carbocycles. The molecule has 0 spiro atoms. The van der Waals surface area contributed by atoms with Crippen LogP contribution in [-0.2, 0) is 16.0 Å². The molecule has 0 aromatic heterocycles. The first-order chi connectivity index (χ1) is 15.8. The SMILES string of the molecule is C[C@@H](CCCC(=O)NC1CC1)CC[C@@H]1[C@@H]([C@@H](C)C[C@@H](C)CCc2ccccc2)C(=O)C[C@@H]1O. The third-order valence-electron chi connectivity index (χ3n) is 7.93. The summed E-state index contributed by atoms with van der Waals surface area (Å²) in [6, 6.07) is 11.1. The number of Topliss-reactive ketones (excluding diaryl/α,β-unsaturated/α-hetero) is 1. The van der Waals surface area contributed by atoms with E-state index in [0.717, 1.165) is 57.8 Å². The van der Waals surface area contributed by atoms with E-state index in [-0.39, 0.29) is 23.5 Å². The Bertz CT molecular complexity index is 744. The maximum Gasteiger partial charge on any atom is 0.220 e. The number of hydrogen-bond acceptors (Lipinski definition) is 3. The fraction of sp³-hybridized carbons (Fsp3) is 0.724. The lowest BCUT2D eigenvalue weighted by Crippen LogP contribution is -2.28. The van der Waals surface area contributed by atoms with Crippen LogP contribution < -0.4 is 5.32 Å². The number of aliphatic hydroxyl groups excluding tert-OH is 1. The predicted octanol–water partition coefficient (Wildman–Crippen LogP) is 5.71. The molecule has 0 unspecified atom stereocenters. The van der Waals surface area contributed by atoms with E-state index in [0.29, 0.717) is 36.6 Å². The Balaban J connectivity index is 1.40. The molecule has 4 heteroatoms. The second kappa shape index (κ2) is 12.7. The Hall–Kier alpha value is -1.68. The zero-order valence-corrected chi connectivity index (χ0v) is 21.0.